The topological polar surface area (TPSA) is 79.0 Å². The van der Waals surface area contributed by atoms with Gasteiger partial charge in [0.15, 0.2) is 0 Å². The molecule has 2 aliphatic heterocycles. The second-order valence-corrected chi connectivity index (χ2v) is 10.3. The Hall–Kier alpha value is -2.26. The number of nitrogens with zero attached hydrogens (tertiary/aromatic N) is 2. The van der Waals surface area contributed by atoms with Gasteiger partial charge in [0.05, 0.1) is 18.1 Å². The number of rotatable bonds is 7. The van der Waals surface area contributed by atoms with E-state index >= 15 is 0 Å². The molecule has 0 bridgehead atoms. The number of likely N-dealkylation sites (tertiary alicyclic amines) is 1. The summed E-state index contributed by atoms with van der Waals surface area (Å²) in [5, 5.41) is 2.98. The molecule has 0 atom stereocenters. The van der Waals surface area contributed by atoms with Crippen LogP contribution < -0.4 is 5.32 Å². The Morgan fingerprint density at radius 3 is 2.22 bits per heavy atom. The van der Waals surface area contributed by atoms with Crippen LogP contribution >= 0.6 is 0 Å². The molecule has 4 rings (SSSR count). The lowest BCUT2D eigenvalue weighted by molar-refractivity contribution is 0.0730. The fraction of sp³-hybridized carbons (Fsp3) is 0.458. The number of hydrogen-bond acceptors (Lipinski definition) is 5. The first-order chi connectivity index (χ1) is 15.5. The van der Waals surface area contributed by atoms with Crippen molar-refractivity contribution in [3.8, 4) is 0 Å². The lowest BCUT2D eigenvalue weighted by Gasteiger charge is -2.27. The molecule has 2 fully saturated rings. The molecule has 32 heavy (non-hydrogen) atoms. The zero-order chi connectivity index (χ0) is 22.4. The van der Waals surface area contributed by atoms with Crippen LogP contribution in [-0.2, 0) is 27.8 Å². The maximum Gasteiger partial charge on any atom is 0.251 e. The van der Waals surface area contributed by atoms with Gasteiger partial charge in [-0.25, -0.2) is 8.42 Å². The quantitative estimate of drug-likeness (QED) is 0.692. The summed E-state index contributed by atoms with van der Waals surface area (Å²) in [5.74, 6) is -0.215. The van der Waals surface area contributed by atoms with Crippen molar-refractivity contribution in [2.75, 3.05) is 39.4 Å². The Morgan fingerprint density at radius 1 is 0.875 bits per heavy atom. The predicted octanol–water partition coefficient (Wildman–Crippen LogP) is 2.62. The summed E-state index contributed by atoms with van der Waals surface area (Å²) in [6.07, 6.45) is 3.80. The van der Waals surface area contributed by atoms with Crippen LogP contribution in [0.25, 0.3) is 0 Å². The summed E-state index contributed by atoms with van der Waals surface area (Å²) in [4.78, 5) is 15.4. The monoisotopic (exact) mass is 457 g/mol. The minimum atomic E-state index is -3.56. The fourth-order valence-electron chi connectivity index (χ4n) is 4.23. The maximum absolute atomic E-state index is 12.7. The average molecular weight is 458 g/mol. The first kappa shape index (κ1) is 22.9. The average Bonchev–Trinajstić information content (AvgIpc) is 2.84. The van der Waals surface area contributed by atoms with E-state index in [0.29, 0.717) is 38.4 Å². The minimum absolute atomic E-state index is 0.197. The summed E-state index contributed by atoms with van der Waals surface area (Å²) < 4.78 is 32.1. The number of nitrogens with one attached hydrogen (secondary N) is 1. The molecule has 0 spiro atoms. The van der Waals surface area contributed by atoms with Crippen molar-refractivity contribution in [1.29, 1.82) is 0 Å². The van der Waals surface area contributed by atoms with Crippen LogP contribution in [0.4, 0.5) is 0 Å². The van der Waals surface area contributed by atoms with Crippen molar-refractivity contribution in [3.05, 3.63) is 65.2 Å². The van der Waals surface area contributed by atoms with Crippen LogP contribution in [0.3, 0.4) is 0 Å². The van der Waals surface area contributed by atoms with Crippen LogP contribution in [0, 0.1) is 0 Å². The van der Waals surface area contributed by atoms with Gasteiger partial charge in [0.1, 0.15) is 0 Å². The molecule has 2 aromatic rings. The lowest BCUT2D eigenvalue weighted by Crippen LogP contribution is -2.40. The van der Waals surface area contributed by atoms with Gasteiger partial charge in [0, 0.05) is 31.7 Å². The van der Waals surface area contributed by atoms with Gasteiger partial charge in [-0.2, -0.15) is 4.31 Å². The maximum atomic E-state index is 12.7. The molecule has 2 heterocycles. The highest BCUT2D eigenvalue weighted by Gasteiger charge is 2.26. The Labute approximate surface area is 190 Å². The Bertz CT molecular complexity index is 1010. The number of piperidine rings is 1. The molecule has 2 aliphatic rings. The van der Waals surface area contributed by atoms with E-state index in [-0.39, 0.29) is 10.8 Å². The first-order valence-corrected chi connectivity index (χ1v) is 12.7. The smallest absolute Gasteiger partial charge is 0.251 e. The number of hydrogen-bond donors (Lipinski definition) is 1. The third-order valence-corrected chi connectivity index (χ3v) is 8.04. The van der Waals surface area contributed by atoms with E-state index in [1.54, 1.807) is 12.1 Å². The molecule has 8 heteroatoms. The SMILES string of the molecule is O=C(NCc1ccccc1CN1CCCCC1)c1ccc(S(=O)(=O)N2CCOCC2)cc1. The summed E-state index contributed by atoms with van der Waals surface area (Å²) in [6, 6.07) is 14.4. The highest BCUT2D eigenvalue weighted by molar-refractivity contribution is 7.89. The zero-order valence-electron chi connectivity index (χ0n) is 18.3. The van der Waals surface area contributed by atoms with Crippen LogP contribution in [0.15, 0.2) is 53.4 Å². The number of ether oxygens (including phenoxy) is 1. The summed E-state index contributed by atoms with van der Waals surface area (Å²) in [5.41, 5.74) is 2.79. The molecule has 2 saturated heterocycles. The molecule has 0 aromatic heterocycles. The highest BCUT2D eigenvalue weighted by Crippen LogP contribution is 2.19. The summed E-state index contributed by atoms with van der Waals surface area (Å²) in [7, 11) is -3.56. The van der Waals surface area contributed by atoms with Gasteiger partial charge in [-0.15, -0.1) is 0 Å². The normalized spacial score (nSPS) is 18.4. The zero-order valence-corrected chi connectivity index (χ0v) is 19.1. The summed E-state index contributed by atoms with van der Waals surface area (Å²) in [6.45, 7) is 5.10. The number of sulfonamides is 1. The molecule has 172 valence electrons. The van der Waals surface area contributed by atoms with Gasteiger partial charge in [-0.1, -0.05) is 30.7 Å². The van der Waals surface area contributed by atoms with Gasteiger partial charge in [0.25, 0.3) is 5.91 Å². The van der Waals surface area contributed by atoms with E-state index in [2.05, 4.69) is 22.3 Å². The van der Waals surface area contributed by atoms with Crippen molar-refractivity contribution < 1.29 is 17.9 Å². The third kappa shape index (κ3) is 5.56. The molecule has 7 nitrogen and oxygen atoms in total. The molecule has 1 amide bonds. The van der Waals surface area contributed by atoms with Crippen LogP contribution in [0.2, 0.25) is 0 Å². The third-order valence-electron chi connectivity index (χ3n) is 6.12. The number of amides is 1. The van der Waals surface area contributed by atoms with Crippen LogP contribution in [0.1, 0.15) is 40.7 Å². The number of benzene rings is 2. The molecular formula is C24H31N3O4S. The largest absolute Gasteiger partial charge is 0.379 e. The van der Waals surface area contributed by atoms with Gasteiger partial charge >= 0.3 is 0 Å². The molecule has 0 radical (unpaired) electrons. The van der Waals surface area contributed by atoms with E-state index in [4.69, 9.17) is 4.74 Å². The number of carbonyl (C=O) groups is 1. The lowest BCUT2D eigenvalue weighted by atomic mass is 10.0. The van der Waals surface area contributed by atoms with Crippen molar-refractivity contribution in [3.63, 3.8) is 0 Å². The Morgan fingerprint density at radius 2 is 1.53 bits per heavy atom. The van der Waals surface area contributed by atoms with Crippen molar-refractivity contribution in [2.24, 2.45) is 0 Å². The molecule has 1 N–H and O–H groups in total. The molecule has 2 aromatic carbocycles. The van der Waals surface area contributed by atoms with E-state index in [1.165, 1.54) is 41.3 Å². The Balaban J connectivity index is 1.37. The van der Waals surface area contributed by atoms with Gasteiger partial charge in [-0.05, 0) is 61.3 Å². The van der Waals surface area contributed by atoms with E-state index in [9.17, 15) is 13.2 Å². The number of morpholine rings is 1. The number of carbonyl (C=O) groups excluding carboxylic acids is 1. The molecule has 0 saturated carbocycles. The fourth-order valence-corrected chi connectivity index (χ4v) is 5.64. The van der Waals surface area contributed by atoms with Crippen molar-refractivity contribution in [1.82, 2.24) is 14.5 Å². The highest BCUT2D eigenvalue weighted by atomic mass is 32.2. The van der Waals surface area contributed by atoms with Gasteiger partial charge in [0.2, 0.25) is 10.0 Å². The molecular weight excluding hydrogens is 426 g/mol. The molecule has 0 unspecified atom stereocenters. The second kappa shape index (κ2) is 10.6. The minimum Gasteiger partial charge on any atom is -0.379 e. The molecule has 0 aliphatic carbocycles. The van der Waals surface area contributed by atoms with Crippen molar-refractivity contribution >= 4 is 15.9 Å². The Kier molecular flexibility index (Phi) is 7.57. The standard InChI is InChI=1S/C24H31N3O4S/c28-24(20-8-10-23(11-9-20)32(29,30)27-14-16-31-17-15-27)25-18-21-6-2-3-7-22(21)19-26-12-4-1-5-13-26/h2-3,6-11H,1,4-5,12-19H2,(H,25,28). The van der Waals surface area contributed by atoms with Crippen LogP contribution in [-0.4, -0.2) is 62.9 Å². The van der Waals surface area contributed by atoms with E-state index < -0.39 is 10.0 Å². The van der Waals surface area contributed by atoms with Crippen molar-refractivity contribution in [2.45, 2.75) is 37.2 Å². The summed E-state index contributed by atoms with van der Waals surface area (Å²) >= 11 is 0. The first-order valence-electron chi connectivity index (χ1n) is 11.3. The van der Waals surface area contributed by atoms with Gasteiger partial charge in [-0.3, -0.25) is 9.69 Å². The second-order valence-electron chi connectivity index (χ2n) is 8.33. The van der Waals surface area contributed by atoms with Crippen LogP contribution in [0.5, 0.6) is 0 Å². The van der Waals surface area contributed by atoms with E-state index in [1.807, 2.05) is 12.1 Å². The van der Waals surface area contributed by atoms with Gasteiger partial charge < -0.3 is 10.1 Å². The van der Waals surface area contributed by atoms with E-state index in [0.717, 1.165) is 25.2 Å². The predicted molar refractivity (Wildman–Crippen MR) is 123 cm³/mol.